The van der Waals surface area contributed by atoms with Crippen molar-refractivity contribution in [2.45, 2.75) is 44.9 Å². The van der Waals surface area contributed by atoms with Crippen LogP contribution >= 0.6 is 11.3 Å². The first-order valence-electron chi connectivity index (χ1n) is 8.68. The Morgan fingerprint density at radius 3 is 2.60 bits per heavy atom. The Bertz CT molecular complexity index is 787. The third kappa shape index (κ3) is 4.21. The number of hydrogen-bond acceptors (Lipinski definition) is 4. The van der Waals surface area contributed by atoms with E-state index in [1.54, 1.807) is 18.4 Å². The molecule has 130 valence electrons. The summed E-state index contributed by atoms with van der Waals surface area (Å²) in [4.78, 5) is 13.7. The third-order valence-electron chi connectivity index (χ3n) is 4.56. The van der Waals surface area contributed by atoms with Gasteiger partial charge in [0.2, 0.25) is 5.91 Å². The summed E-state index contributed by atoms with van der Waals surface area (Å²) >= 11 is 1.58. The molecular formula is C20H22N2O2S. The van der Waals surface area contributed by atoms with Gasteiger partial charge in [-0.3, -0.25) is 4.79 Å². The number of benzene rings is 1. The normalized spacial score (nSPS) is 13.9. The molecule has 0 spiro atoms. The van der Waals surface area contributed by atoms with Gasteiger partial charge < -0.3 is 10.1 Å². The van der Waals surface area contributed by atoms with E-state index in [1.165, 1.54) is 17.7 Å². The number of anilines is 1. The van der Waals surface area contributed by atoms with Gasteiger partial charge in [-0.05, 0) is 48.9 Å². The van der Waals surface area contributed by atoms with Gasteiger partial charge >= 0.3 is 0 Å². The quantitative estimate of drug-likeness (QED) is 0.881. The molecule has 3 rings (SSSR count). The molecule has 1 N–H and O–H groups in total. The van der Waals surface area contributed by atoms with Gasteiger partial charge in [0.05, 0.1) is 19.1 Å². The second-order valence-electron chi connectivity index (χ2n) is 6.31. The van der Waals surface area contributed by atoms with E-state index in [9.17, 15) is 10.1 Å². The lowest BCUT2D eigenvalue weighted by Gasteiger charge is -2.08. The molecule has 0 unspecified atom stereocenters. The van der Waals surface area contributed by atoms with Crippen LogP contribution in [0.5, 0.6) is 5.75 Å². The van der Waals surface area contributed by atoms with Crippen LogP contribution < -0.4 is 10.1 Å². The minimum Gasteiger partial charge on any atom is -0.497 e. The standard InChI is InChI=1S/C20H22N2O2S/c1-24-15-10-8-14(9-11-15)12-19(23)22-20-17(13-21)16-6-4-2-3-5-7-18(16)25-20/h8-11H,2-7,12H2,1H3,(H,22,23). The molecule has 5 heteroatoms. The topological polar surface area (TPSA) is 62.1 Å². The molecular weight excluding hydrogens is 332 g/mol. The number of carbonyl (C=O) groups excluding carboxylic acids is 1. The van der Waals surface area contributed by atoms with Gasteiger partial charge in [-0.15, -0.1) is 11.3 Å². The van der Waals surface area contributed by atoms with Crippen molar-refractivity contribution in [1.29, 1.82) is 5.26 Å². The minimum atomic E-state index is -0.0871. The molecule has 25 heavy (non-hydrogen) atoms. The number of carbonyl (C=O) groups is 1. The summed E-state index contributed by atoms with van der Waals surface area (Å²) in [5.41, 5.74) is 2.75. The number of nitrogens with one attached hydrogen (secondary N) is 1. The van der Waals surface area contributed by atoms with E-state index in [1.807, 2.05) is 24.3 Å². The zero-order chi connectivity index (χ0) is 17.6. The van der Waals surface area contributed by atoms with Crippen LogP contribution in [0.15, 0.2) is 24.3 Å². The molecule has 0 atom stereocenters. The number of methoxy groups -OCH3 is 1. The fourth-order valence-corrected chi connectivity index (χ4v) is 4.48. The number of hydrogen-bond donors (Lipinski definition) is 1. The van der Waals surface area contributed by atoms with Gasteiger partial charge in [-0.1, -0.05) is 25.0 Å². The molecule has 1 aromatic carbocycles. The Morgan fingerprint density at radius 2 is 1.92 bits per heavy atom. The van der Waals surface area contributed by atoms with Crippen molar-refractivity contribution < 1.29 is 9.53 Å². The van der Waals surface area contributed by atoms with E-state index in [-0.39, 0.29) is 12.3 Å². The van der Waals surface area contributed by atoms with Gasteiger partial charge in [0.25, 0.3) is 0 Å². The largest absolute Gasteiger partial charge is 0.497 e. The SMILES string of the molecule is COc1ccc(CC(=O)Nc2sc3c(c2C#N)CCCCCC3)cc1. The van der Waals surface area contributed by atoms with Gasteiger partial charge in [0.1, 0.15) is 16.8 Å². The third-order valence-corrected chi connectivity index (χ3v) is 5.77. The van der Waals surface area contributed by atoms with Crippen molar-refractivity contribution >= 4 is 22.2 Å². The lowest BCUT2D eigenvalue weighted by atomic mass is 9.97. The second-order valence-corrected chi connectivity index (χ2v) is 7.41. The molecule has 2 aromatic rings. The van der Waals surface area contributed by atoms with Crippen LogP contribution in [0.1, 0.15) is 47.3 Å². The number of rotatable bonds is 4. The molecule has 0 radical (unpaired) electrons. The van der Waals surface area contributed by atoms with Gasteiger partial charge in [-0.25, -0.2) is 0 Å². The number of fused-ring (bicyclic) bond motifs is 1. The molecule has 1 amide bonds. The number of amides is 1. The molecule has 4 nitrogen and oxygen atoms in total. The summed E-state index contributed by atoms with van der Waals surface area (Å²) in [5.74, 6) is 0.685. The second kappa shape index (κ2) is 8.17. The van der Waals surface area contributed by atoms with Crippen LogP contribution in [-0.2, 0) is 24.1 Å². The maximum absolute atomic E-state index is 12.4. The molecule has 0 fully saturated rings. The molecule has 0 bridgehead atoms. The molecule has 1 aliphatic carbocycles. The summed E-state index contributed by atoms with van der Waals surface area (Å²) in [6.07, 6.45) is 7.01. The zero-order valence-electron chi connectivity index (χ0n) is 14.4. The van der Waals surface area contributed by atoms with E-state index >= 15 is 0 Å². The summed E-state index contributed by atoms with van der Waals surface area (Å²) in [5, 5.41) is 13.3. The fraction of sp³-hybridized carbons (Fsp3) is 0.400. The predicted molar refractivity (Wildman–Crippen MR) is 100 cm³/mol. The predicted octanol–water partition coefficient (Wildman–Crippen LogP) is 4.47. The average molecular weight is 354 g/mol. The molecule has 1 aliphatic rings. The number of ether oxygens (including phenoxy) is 1. The highest BCUT2D eigenvalue weighted by Gasteiger charge is 2.20. The Balaban J connectivity index is 1.74. The Morgan fingerprint density at radius 1 is 1.20 bits per heavy atom. The van der Waals surface area contributed by atoms with Crippen LogP contribution in [0, 0.1) is 11.3 Å². The lowest BCUT2D eigenvalue weighted by Crippen LogP contribution is -2.14. The molecule has 1 heterocycles. The molecule has 0 saturated carbocycles. The Hall–Kier alpha value is -2.32. The number of thiophene rings is 1. The van der Waals surface area contributed by atoms with Crippen LogP contribution in [0.4, 0.5) is 5.00 Å². The summed E-state index contributed by atoms with van der Waals surface area (Å²) in [7, 11) is 1.62. The highest BCUT2D eigenvalue weighted by atomic mass is 32.1. The van der Waals surface area contributed by atoms with E-state index in [0.29, 0.717) is 10.6 Å². The minimum absolute atomic E-state index is 0.0871. The van der Waals surface area contributed by atoms with Crippen molar-refractivity contribution in [2.75, 3.05) is 12.4 Å². The Labute approximate surface area is 152 Å². The van der Waals surface area contributed by atoms with Crippen molar-refractivity contribution in [1.82, 2.24) is 0 Å². The first kappa shape index (κ1) is 17.5. The summed E-state index contributed by atoms with van der Waals surface area (Å²) in [6, 6.07) is 9.78. The molecule has 1 aromatic heterocycles. The van der Waals surface area contributed by atoms with E-state index in [4.69, 9.17) is 4.74 Å². The van der Waals surface area contributed by atoms with Crippen LogP contribution in [0.3, 0.4) is 0 Å². The molecule has 0 aliphatic heterocycles. The Kier molecular flexibility index (Phi) is 5.72. The number of aryl methyl sites for hydroxylation is 1. The molecule has 0 saturated heterocycles. The maximum Gasteiger partial charge on any atom is 0.229 e. The van der Waals surface area contributed by atoms with E-state index in [0.717, 1.165) is 42.6 Å². The number of nitrogens with zero attached hydrogens (tertiary/aromatic N) is 1. The first-order chi connectivity index (χ1) is 12.2. The van der Waals surface area contributed by atoms with E-state index < -0.39 is 0 Å². The summed E-state index contributed by atoms with van der Waals surface area (Å²) < 4.78 is 5.13. The van der Waals surface area contributed by atoms with Crippen LogP contribution in [-0.4, -0.2) is 13.0 Å². The van der Waals surface area contributed by atoms with Crippen LogP contribution in [0.25, 0.3) is 0 Å². The van der Waals surface area contributed by atoms with Gasteiger partial charge in [-0.2, -0.15) is 5.26 Å². The van der Waals surface area contributed by atoms with Gasteiger partial charge in [0, 0.05) is 4.88 Å². The monoisotopic (exact) mass is 354 g/mol. The zero-order valence-corrected chi connectivity index (χ0v) is 15.2. The highest BCUT2D eigenvalue weighted by molar-refractivity contribution is 7.16. The fourth-order valence-electron chi connectivity index (χ4n) is 3.23. The maximum atomic E-state index is 12.4. The summed E-state index contributed by atoms with van der Waals surface area (Å²) in [6.45, 7) is 0. The van der Waals surface area contributed by atoms with Crippen LogP contribution in [0.2, 0.25) is 0 Å². The van der Waals surface area contributed by atoms with Gasteiger partial charge in [0.15, 0.2) is 0 Å². The average Bonchev–Trinajstić information content (AvgIpc) is 2.91. The number of nitriles is 1. The first-order valence-corrected chi connectivity index (χ1v) is 9.50. The highest BCUT2D eigenvalue weighted by Crippen LogP contribution is 2.36. The lowest BCUT2D eigenvalue weighted by molar-refractivity contribution is -0.115. The smallest absolute Gasteiger partial charge is 0.229 e. The van der Waals surface area contributed by atoms with Crippen molar-refractivity contribution in [3.8, 4) is 11.8 Å². The van der Waals surface area contributed by atoms with Crippen molar-refractivity contribution in [3.05, 3.63) is 45.8 Å². The van der Waals surface area contributed by atoms with Crippen molar-refractivity contribution in [3.63, 3.8) is 0 Å². The van der Waals surface area contributed by atoms with E-state index in [2.05, 4.69) is 11.4 Å². The van der Waals surface area contributed by atoms with Crippen molar-refractivity contribution in [2.24, 2.45) is 0 Å².